The molecule has 0 bridgehead atoms. The van der Waals surface area contributed by atoms with Gasteiger partial charge in [-0.15, -0.1) is 0 Å². The summed E-state index contributed by atoms with van der Waals surface area (Å²) >= 11 is 5.62. The molecule has 1 rings (SSSR count). The molecule has 1 aromatic heterocycles. The number of ether oxygens (including phenoxy) is 1. The lowest BCUT2D eigenvalue weighted by Crippen LogP contribution is -2.20. The number of hydrogen-bond donors (Lipinski definition) is 2. The Morgan fingerprint density at radius 1 is 1.60 bits per heavy atom. The Morgan fingerprint density at radius 3 is 3.07 bits per heavy atom. The number of anilines is 1. The predicted molar refractivity (Wildman–Crippen MR) is 55.5 cm³/mol. The topological polar surface area (TPSA) is 90.1 Å². The Bertz CT molecular complexity index is 334. The van der Waals surface area contributed by atoms with Crippen molar-refractivity contribution in [2.75, 3.05) is 25.1 Å². The number of amides is 1. The number of rotatable bonds is 6. The zero-order valence-corrected chi connectivity index (χ0v) is 8.70. The fraction of sp³-hybridized carbons (Fsp3) is 0.375. The van der Waals surface area contributed by atoms with E-state index in [1.54, 1.807) is 6.20 Å². The van der Waals surface area contributed by atoms with Crippen LogP contribution in [0, 0.1) is 0 Å². The molecule has 0 saturated heterocycles. The van der Waals surface area contributed by atoms with Gasteiger partial charge in [0.15, 0.2) is 0 Å². The average molecular weight is 231 g/mol. The van der Waals surface area contributed by atoms with Gasteiger partial charge in [0.2, 0.25) is 5.91 Å². The van der Waals surface area contributed by atoms with E-state index in [-0.39, 0.29) is 6.61 Å². The molecule has 0 aliphatic carbocycles. The van der Waals surface area contributed by atoms with Crippen LogP contribution in [0.3, 0.4) is 0 Å². The van der Waals surface area contributed by atoms with Crippen molar-refractivity contribution in [3.63, 3.8) is 0 Å². The third-order valence-electron chi connectivity index (χ3n) is 1.40. The second-order valence-corrected chi connectivity index (χ2v) is 3.06. The molecule has 1 amide bonds. The van der Waals surface area contributed by atoms with Crippen molar-refractivity contribution >= 4 is 23.3 Å². The summed E-state index contributed by atoms with van der Waals surface area (Å²) in [6, 6.07) is 0. The van der Waals surface area contributed by atoms with Gasteiger partial charge in [-0.25, -0.2) is 4.98 Å². The summed E-state index contributed by atoms with van der Waals surface area (Å²) in [5.74, 6) is 0.0720. The lowest BCUT2D eigenvalue weighted by molar-refractivity contribution is -0.122. The van der Waals surface area contributed by atoms with Crippen molar-refractivity contribution in [2.24, 2.45) is 5.73 Å². The Hall–Kier alpha value is -1.40. The van der Waals surface area contributed by atoms with E-state index in [4.69, 9.17) is 22.1 Å². The lowest BCUT2D eigenvalue weighted by Gasteiger charge is -2.04. The summed E-state index contributed by atoms with van der Waals surface area (Å²) in [7, 11) is 0. The van der Waals surface area contributed by atoms with Crippen molar-refractivity contribution in [2.45, 2.75) is 0 Å². The molecule has 0 fully saturated rings. The Morgan fingerprint density at radius 2 is 2.40 bits per heavy atom. The van der Waals surface area contributed by atoms with Gasteiger partial charge in [-0.2, -0.15) is 0 Å². The molecule has 1 heterocycles. The maximum Gasteiger partial charge on any atom is 0.243 e. The van der Waals surface area contributed by atoms with E-state index in [2.05, 4.69) is 15.3 Å². The molecule has 0 aliphatic heterocycles. The summed E-state index contributed by atoms with van der Waals surface area (Å²) in [6.07, 6.45) is 2.98. The highest BCUT2D eigenvalue weighted by atomic mass is 35.5. The molecule has 15 heavy (non-hydrogen) atoms. The van der Waals surface area contributed by atoms with E-state index in [0.717, 1.165) is 0 Å². The van der Waals surface area contributed by atoms with Crippen LogP contribution in [-0.2, 0) is 9.53 Å². The Balaban J connectivity index is 2.17. The first-order valence-corrected chi connectivity index (χ1v) is 4.64. The molecule has 6 nitrogen and oxygen atoms in total. The highest BCUT2D eigenvalue weighted by Crippen LogP contribution is 2.05. The van der Waals surface area contributed by atoms with E-state index >= 15 is 0 Å². The fourth-order valence-electron chi connectivity index (χ4n) is 0.851. The molecule has 0 unspecified atom stereocenters. The summed E-state index contributed by atoms with van der Waals surface area (Å²) in [5, 5.41) is 3.24. The molecule has 0 atom stereocenters. The van der Waals surface area contributed by atoms with Crippen LogP contribution in [0.5, 0.6) is 0 Å². The number of hydrogen-bond acceptors (Lipinski definition) is 5. The molecular weight excluding hydrogens is 220 g/mol. The molecule has 82 valence electrons. The number of carbonyl (C=O) groups is 1. The normalized spacial score (nSPS) is 9.93. The van der Waals surface area contributed by atoms with Gasteiger partial charge in [-0.05, 0) is 0 Å². The van der Waals surface area contributed by atoms with Crippen LogP contribution < -0.4 is 11.1 Å². The Labute approximate surface area is 91.8 Å². The summed E-state index contributed by atoms with van der Waals surface area (Å²) in [4.78, 5) is 18.1. The highest BCUT2D eigenvalue weighted by molar-refractivity contribution is 6.29. The third kappa shape index (κ3) is 5.14. The van der Waals surface area contributed by atoms with E-state index in [0.29, 0.717) is 24.1 Å². The van der Waals surface area contributed by atoms with Crippen molar-refractivity contribution in [1.29, 1.82) is 0 Å². The number of nitrogens with one attached hydrogen (secondary N) is 1. The van der Waals surface area contributed by atoms with Gasteiger partial charge in [0.05, 0.1) is 19.0 Å². The molecule has 0 aromatic carbocycles. The maximum absolute atomic E-state index is 10.3. The van der Waals surface area contributed by atoms with E-state index in [9.17, 15) is 4.79 Å². The van der Waals surface area contributed by atoms with Gasteiger partial charge in [-0.1, -0.05) is 11.6 Å². The van der Waals surface area contributed by atoms with Crippen molar-refractivity contribution in [3.05, 3.63) is 17.5 Å². The molecule has 7 heteroatoms. The second-order valence-electron chi connectivity index (χ2n) is 2.67. The number of carbonyl (C=O) groups excluding carboxylic acids is 1. The van der Waals surface area contributed by atoms with Gasteiger partial charge >= 0.3 is 0 Å². The molecule has 0 aliphatic rings. The molecule has 1 aromatic rings. The van der Waals surface area contributed by atoms with Crippen LogP contribution in [0.2, 0.25) is 5.15 Å². The van der Waals surface area contributed by atoms with Gasteiger partial charge in [0.1, 0.15) is 17.6 Å². The maximum atomic E-state index is 10.3. The van der Waals surface area contributed by atoms with Gasteiger partial charge in [-0.3, -0.25) is 9.78 Å². The van der Waals surface area contributed by atoms with Crippen molar-refractivity contribution in [3.8, 4) is 0 Å². The minimum absolute atomic E-state index is 0.0805. The average Bonchev–Trinajstić information content (AvgIpc) is 2.17. The van der Waals surface area contributed by atoms with Crippen LogP contribution >= 0.6 is 11.6 Å². The molecule has 0 saturated carbocycles. The first-order chi connectivity index (χ1) is 7.18. The third-order valence-corrected chi connectivity index (χ3v) is 1.58. The minimum atomic E-state index is -0.488. The first-order valence-electron chi connectivity index (χ1n) is 4.26. The molecular formula is C8H11ClN4O2. The van der Waals surface area contributed by atoms with E-state index < -0.39 is 5.91 Å². The van der Waals surface area contributed by atoms with Crippen molar-refractivity contribution in [1.82, 2.24) is 9.97 Å². The number of aromatic nitrogens is 2. The second kappa shape index (κ2) is 6.15. The van der Waals surface area contributed by atoms with E-state index in [1.165, 1.54) is 6.20 Å². The standard InChI is InChI=1S/C8H11ClN4O2/c9-6-3-11-4-8(13-6)12-1-2-15-5-7(10)14/h3-4H,1-2,5H2,(H2,10,14)(H,12,13). The molecule has 0 spiro atoms. The Kier molecular flexibility index (Phi) is 4.79. The minimum Gasteiger partial charge on any atom is -0.370 e. The monoisotopic (exact) mass is 230 g/mol. The zero-order chi connectivity index (χ0) is 11.1. The number of nitrogens with two attached hydrogens (primary N) is 1. The first kappa shape index (κ1) is 11.7. The summed E-state index contributed by atoms with van der Waals surface area (Å²) in [6.45, 7) is 0.780. The summed E-state index contributed by atoms with van der Waals surface area (Å²) in [5.41, 5.74) is 4.88. The van der Waals surface area contributed by atoms with Gasteiger partial charge in [0.25, 0.3) is 0 Å². The predicted octanol–water partition coefficient (Wildman–Crippen LogP) is 0.0438. The number of primary amides is 1. The quantitative estimate of drug-likeness (QED) is 0.674. The van der Waals surface area contributed by atoms with Gasteiger partial charge < -0.3 is 15.8 Å². The van der Waals surface area contributed by atoms with Crippen molar-refractivity contribution < 1.29 is 9.53 Å². The fourth-order valence-corrected chi connectivity index (χ4v) is 0.999. The van der Waals surface area contributed by atoms with Crippen LogP contribution in [0.1, 0.15) is 0 Å². The summed E-state index contributed by atoms with van der Waals surface area (Å²) < 4.78 is 4.93. The SMILES string of the molecule is NC(=O)COCCNc1cncc(Cl)n1. The molecule has 0 radical (unpaired) electrons. The van der Waals surface area contributed by atoms with E-state index in [1.807, 2.05) is 0 Å². The number of halogens is 1. The largest absolute Gasteiger partial charge is 0.370 e. The van der Waals surface area contributed by atoms with Crippen LogP contribution in [-0.4, -0.2) is 35.6 Å². The molecule has 3 N–H and O–H groups in total. The van der Waals surface area contributed by atoms with Crippen LogP contribution in [0.4, 0.5) is 5.82 Å². The van der Waals surface area contributed by atoms with Gasteiger partial charge in [0, 0.05) is 6.54 Å². The lowest BCUT2D eigenvalue weighted by atomic mass is 10.6. The number of nitrogens with zero attached hydrogens (tertiary/aromatic N) is 2. The van der Waals surface area contributed by atoms with Crippen LogP contribution in [0.15, 0.2) is 12.4 Å². The smallest absolute Gasteiger partial charge is 0.243 e. The zero-order valence-electron chi connectivity index (χ0n) is 7.94. The highest BCUT2D eigenvalue weighted by Gasteiger charge is 1.96. The van der Waals surface area contributed by atoms with Crippen LogP contribution in [0.25, 0.3) is 0 Å².